The maximum atomic E-state index is 9.83. The molecule has 0 spiro atoms. The molecule has 0 radical (unpaired) electrons. The van der Waals surface area contributed by atoms with Gasteiger partial charge in [0.2, 0.25) is 0 Å². The molecule has 0 aliphatic rings. The first-order chi connectivity index (χ1) is 8.04. The molecule has 0 heterocycles. The van der Waals surface area contributed by atoms with Gasteiger partial charge in [0.1, 0.15) is 6.10 Å². The van der Waals surface area contributed by atoms with Gasteiger partial charge in [0.15, 0.2) is 0 Å². The van der Waals surface area contributed by atoms with E-state index < -0.39 is 12.2 Å². The Balaban J connectivity index is 2.66. The quantitative estimate of drug-likeness (QED) is 0.706. The van der Waals surface area contributed by atoms with Gasteiger partial charge < -0.3 is 15.3 Å². The summed E-state index contributed by atoms with van der Waals surface area (Å²) in [6.45, 7) is 4.20. The van der Waals surface area contributed by atoms with Crippen LogP contribution in [0.5, 0.6) is 0 Å². The molecular weight excluding hydrogens is 216 g/mol. The van der Waals surface area contributed by atoms with Crippen molar-refractivity contribution in [3.8, 4) is 0 Å². The third-order valence-electron chi connectivity index (χ3n) is 2.75. The van der Waals surface area contributed by atoms with Crippen LogP contribution in [0.1, 0.15) is 37.5 Å². The molecule has 0 saturated carbocycles. The minimum absolute atomic E-state index is 0.121. The second kappa shape index (κ2) is 6.74. The summed E-state index contributed by atoms with van der Waals surface area (Å²) in [4.78, 5) is 0. The van der Waals surface area contributed by atoms with Gasteiger partial charge in [-0.25, -0.2) is 0 Å². The average molecular weight is 238 g/mol. The summed E-state index contributed by atoms with van der Waals surface area (Å²) >= 11 is 0. The van der Waals surface area contributed by atoms with Crippen molar-refractivity contribution in [1.29, 1.82) is 0 Å². The van der Waals surface area contributed by atoms with E-state index in [4.69, 9.17) is 5.11 Å². The normalized spacial score (nSPS) is 14.9. The van der Waals surface area contributed by atoms with Crippen LogP contribution in [0.4, 0.5) is 0 Å². The number of aliphatic hydroxyl groups excluding tert-OH is 3. The van der Waals surface area contributed by atoms with Crippen LogP contribution in [0.2, 0.25) is 0 Å². The van der Waals surface area contributed by atoms with Crippen LogP contribution in [-0.4, -0.2) is 28.0 Å². The molecule has 3 N–H and O–H groups in total. The van der Waals surface area contributed by atoms with Gasteiger partial charge in [-0.05, 0) is 29.9 Å². The van der Waals surface area contributed by atoms with E-state index >= 15 is 0 Å². The summed E-state index contributed by atoms with van der Waals surface area (Å²) in [5.74, 6) is 0.603. The molecule has 0 saturated heterocycles. The van der Waals surface area contributed by atoms with Gasteiger partial charge in [0.05, 0.1) is 6.10 Å². The predicted octanol–water partition coefficient (Wildman–Crippen LogP) is 1.66. The summed E-state index contributed by atoms with van der Waals surface area (Å²) in [6.07, 6.45) is -0.629. The summed E-state index contributed by atoms with van der Waals surface area (Å²) in [5, 5.41) is 28.1. The van der Waals surface area contributed by atoms with E-state index in [-0.39, 0.29) is 13.0 Å². The van der Waals surface area contributed by atoms with Crippen molar-refractivity contribution < 1.29 is 15.3 Å². The Kier molecular flexibility index (Phi) is 5.62. The van der Waals surface area contributed by atoms with Crippen LogP contribution in [0.3, 0.4) is 0 Å². The number of benzene rings is 1. The van der Waals surface area contributed by atoms with E-state index in [1.165, 1.54) is 5.56 Å². The fourth-order valence-electron chi connectivity index (χ4n) is 1.83. The summed E-state index contributed by atoms with van der Waals surface area (Å²) in [6, 6.07) is 7.63. The van der Waals surface area contributed by atoms with Crippen LogP contribution in [-0.2, 0) is 6.42 Å². The SMILES string of the molecule is CC(C)Cc1ccc(C(O)C(O)CCO)cc1. The minimum atomic E-state index is -0.921. The van der Waals surface area contributed by atoms with Crippen LogP contribution < -0.4 is 0 Å². The lowest BCUT2D eigenvalue weighted by Gasteiger charge is -2.17. The lowest BCUT2D eigenvalue weighted by atomic mass is 9.98. The molecule has 0 aliphatic heterocycles. The smallest absolute Gasteiger partial charge is 0.105 e. The van der Waals surface area contributed by atoms with E-state index in [0.717, 1.165) is 6.42 Å². The lowest BCUT2D eigenvalue weighted by molar-refractivity contribution is 0.00421. The fourth-order valence-corrected chi connectivity index (χ4v) is 1.83. The van der Waals surface area contributed by atoms with Crippen LogP contribution in [0.25, 0.3) is 0 Å². The molecule has 0 aromatic heterocycles. The van der Waals surface area contributed by atoms with Crippen LogP contribution >= 0.6 is 0 Å². The topological polar surface area (TPSA) is 60.7 Å². The van der Waals surface area contributed by atoms with Crippen molar-refractivity contribution in [2.75, 3.05) is 6.61 Å². The monoisotopic (exact) mass is 238 g/mol. The van der Waals surface area contributed by atoms with E-state index in [2.05, 4.69) is 13.8 Å². The Morgan fingerprint density at radius 3 is 2.12 bits per heavy atom. The summed E-state index contributed by atoms with van der Waals surface area (Å²) < 4.78 is 0. The predicted molar refractivity (Wildman–Crippen MR) is 67.7 cm³/mol. The Morgan fingerprint density at radius 2 is 1.65 bits per heavy atom. The number of hydrogen-bond donors (Lipinski definition) is 3. The van der Waals surface area contributed by atoms with Gasteiger partial charge in [-0.3, -0.25) is 0 Å². The molecule has 1 aromatic rings. The van der Waals surface area contributed by atoms with Gasteiger partial charge >= 0.3 is 0 Å². The third-order valence-corrected chi connectivity index (χ3v) is 2.75. The zero-order valence-electron chi connectivity index (χ0n) is 10.5. The van der Waals surface area contributed by atoms with Crippen LogP contribution in [0, 0.1) is 5.92 Å². The zero-order chi connectivity index (χ0) is 12.8. The molecule has 3 heteroatoms. The van der Waals surface area contributed by atoms with Gasteiger partial charge in [0, 0.05) is 6.61 Å². The second-order valence-corrected chi connectivity index (χ2v) is 4.86. The van der Waals surface area contributed by atoms with Crippen molar-refractivity contribution in [3.05, 3.63) is 35.4 Å². The standard InChI is InChI=1S/C14H22O3/c1-10(2)9-11-3-5-12(6-4-11)14(17)13(16)7-8-15/h3-6,10,13-17H,7-9H2,1-2H3. The average Bonchev–Trinajstić information content (AvgIpc) is 2.28. The Hall–Kier alpha value is -0.900. The van der Waals surface area contributed by atoms with Gasteiger partial charge in [-0.15, -0.1) is 0 Å². The molecule has 0 aliphatic carbocycles. The highest BCUT2D eigenvalue weighted by molar-refractivity contribution is 5.25. The van der Waals surface area contributed by atoms with E-state index in [9.17, 15) is 10.2 Å². The second-order valence-electron chi connectivity index (χ2n) is 4.86. The molecule has 96 valence electrons. The van der Waals surface area contributed by atoms with Crippen molar-refractivity contribution in [3.63, 3.8) is 0 Å². The lowest BCUT2D eigenvalue weighted by Crippen LogP contribution is -2.19. The molecule has 1 rings (SSSR count). The molecule has 2 unspecified atom stereocenters. The third kappa shape index (κ3) is 4.46. The summed E-state index contributed by atoms with van der Waals surface area (Å²) in [7, 11) is 0. The zero-order valence-corrected chi connectivity index (χ0v) is 10.5. The maximum absolute atomic E-state index is 9.83. The molecule has 0 bridgehead atoms. The minimum Gasteiger partial charge on any atom is -0.396 e. The molecule has 17 heavy (non-hydrogen) atoms. The first-order valence-electron chi connectivity index (χ1n) is 6.10. The molecule has 3 nitrogen and oxygen atoms in total. The highest BCUT2D eigenvalue weighted by Crippen LogP contribution is 2.20. The number of hydrogen-bond acceptors (Lipinski definition) is 3. The van der Waals surface area contributed by atoms with E-state index in [1.54, 1.807) is 0 Å². The van der Waals surface area contributed by atoms with Crippen molar-refractivity contribution in [2.45, 2.75) is 38.9 Å². The molecule has 2 atom stereocenters. The highest BCUT2D eigenvalue weighted by Gasteiger charge is 2.17. The Morgan fingerprint density at radius 1 is 1.06 bits per heavy atom. The van der Waals surface area contributed by atoms with Gasteiger partial charge in [-0.2, -0.15) is 0 Å². The molecule has 0 amide bonds. The van der Waals surface area contributed by atoms with Crippen LogP contribution in [0.15, 0.2) is 24.3 Å². The van der Waals surface area contributed by atoms with Crippen molar-refractivity contribution in [1.82, 2.24) is 0 Å². The fraction of sp³-hybridized carbons (Fsp3) is 0.571. The van der Waals surface area contributed by atoms with Gasteiger partial charge in [-0.1, -0.05) is 38.1 Å². The Bertz CT molecular complexity index is 319. The first-order valence-corrected chi connectivity index (χ1v) is 6.10. The van der Waals surface area contributed by atoms with E-state index in [0.29, 0.717) is 11.5 Å². The molecular formula is C14H22O3. The number of aliphatic hydroxyl groups is 3. The first kappa shape index (κ1) is 14.2. The molecule has 0 fully saturated rings. The number of rotatable bonds is 6. The highest BCUT2D eigenvalue weighted by atomic mass is 16.3. The Labute approximate surface area is 103 Å². The van der Waals surface area contributed by atoms with Gasteiger partial charge in [0.25, 0.3) is 0 Å². The largest absolute Gasteiger partial charge is 0.396 e. The maximum Gasteiger partial charge on any atom is 0.105 e. The molecule has 1 aromatic carbocycles. The summed E-state index contributed by atoms with van der Waals surface area (Å²) in [5.41, 5.74) is 1.92. The van der Waals surface area contributed by atoms with E-state index in [1.807, 2.05) is 24.3 Å². The van der Waals surface area contributed by atoms with Crippen molar-refractivity contribution in [2.24, 2.45) is 5.92 Å². The van der Waals surface area contributed by atoms with Crippen molar-refractivity contribution >= 4 is 0 Å².